The van der Waals surface area contributed by atoms with Gasteiger partial charge in [0.25, 0.3) is 0 Å². The first kappa shape index (κ1) is 12.1. The van der Waals surface area contributed by atoms with E-state index in [0.717, 1.165) is 15.7 Å². The molecule has 1 amide bonds. The number of esters is 1. The van der Waals surface area contributed by atoms with E-state index in [-0.39, 0.29) is 12.5 Å². The van der Waals surface area contributed by atoms with Crippen LogP contribution in [-0.2, 0) is 14.3 Å². The fourth-order valence-corrected chi connectivity index (χ4v) is 2.07. The van der Waals surface area contributed by atoms with Crippen molar-refractivity contribution in [2.45, 2.75) is 6.04 Å². The number of fused-ring (bicyclic) bond motifs is 1. The van der Waals surface area contributed by atoms with Gasteiger partial charge in [-0.05, 0) is 18.2 Å². The van der Waals surface area contributed by atoms with E-state index in [1.165, 1.54) is 7.11 Å². The van der Waals surface area contributed by atoms with Gasteiger partial charge in [0, 0.05) is 15.7 Å². The van der Waals surface area contributed by atoms with Crippen LogP contribution in [0.1, 0.15) is 11.6 Å². The predicted octanol–water partition coefficient (Wildman–Crippen LogP) is 1.20. The molecule has 1 aromatic carbocycles. The summed E-state index contributed by atoms with van der Waals surface area (Å²) >= 11 is 3.35. The SMILES string of the molecule is COC(=O)CNC1C(=O)Nc2ccc(Br)cc21. The van der Waals surface area contributed by atoms with Gasteiger partial charge < -0.3 is 10.1 Å². The van der Waals surface area contributed by atoms with Crippen LogP contribution in [-0.4, -0.2) is 25.5 Å². The Labute approximate surface area is 107 Å². The number of carbonyl (C=O) groups is 2. The molecule has 1 aliphatic heterocycles. The number of methoxy groups -OCH3 is 1. The number of rotatable bonds is 3. The van der Waals surface area contributed by atoms with Gasteiger partial charge in [-0.25, -0.2) is 0 Å². The maximum Gasteiger partial charge on any atom is 0.319 e. The molecule has 1 aromatic rings. The number of amides is 1. The summed E-state index contributed by atoms with van der Waals surface area (Å²) in [5, 5.41) is 5.60. The molecule has 0 fully saturated rings. The van der Waals surface area contributed by atoms with Gasteiger partial charge in [0.2, 0.25) is 5.91 Å². The largest absolute Gasteiger partial charge is 0.468 e. The van der Waals surface area contributed by atoms with Crippen molar-refractivity contribution in [2.24, 2.45) is 0 Å². The molecule has 1 atom stereocenters. The Bertz CT molecular complexity index is 476. The van der Waals surface area contributed by atoms with Crippen LogP contribution in [0.25, 0.3) is 0 Å². The maximum atomic E-state index is 11.7. The first-order valence-corrected chi connectivity index (χ1v) is 5.81. The Hall–Kier alpha value is -1.40. The van der Waals surface area contributed by atoms with Crippen molar-refractivity contribution in [3.8, 4) is 0 Å². The zero-order chi connectivity index (χ0) is 12.4. The molecule has 0 bridgehead atoms. The van der Waals surface area contributed by atoms with E-state index in [1.54, 1.807) is 0 Å². The summed E-state index contributed by atoms with van der Waals surface area (Å²) in [6.07, 6.45) is 0. The molecule has 0 aliphatic carbocycles. The molecular weight excluding hydrogens is 288 g/mol. The Morgan fingerprint density at radius 3 is 3.06 bits per heavy atom. The number of anilines is 1. The van der Waals surface area contributed by atoms with Gasteiger partial charge in [0.05, 0.1) is 13.7 Å². The van der Waals surface area contributed by atoms with Crippen molar-refractivity contribution in [3.05, 3.63) is 28.2 Å². The van der Waals surface area contributed by atoms with Crippen LogP contribution in [0, 0.1) is 0 Å². The molecule has 0 saturated carbocycles. The molecule has 0 aromatic heterocycles. The van der Waals surface area contributed by atoms with E-state index >= 15 is 0 Å². The summed E-state index contributed by atoms with van der Waals surface area (Å²) < 4.78 is 5.40. The lowest BCUT2D eigenvalue weighted by Gasteiger charge is -2.10. The van der Waals surface area contributed by atoms with E-state index < -0.39 is 12.0 Å². The highest BCUT2D eigenvalue weighted by molar-refractivity contribution is 9.10. The summed E-state index contributed by atoms with van der Waals surface area (Å²) in [4.78, 5) is 22.7. The fourth-order valence-electron chi connectivity index (χ4n) is 1.69. The number of nitrogens with one attached hydrogen (secondary N) is 2. The van der Waals surface area contributed by atoms with Crippen molar-refractivity contribution in [1.29, 1.82) is 0 Å². The van der Waals surface area contributed by atoms with E-state index in [2.05, 4.69) is 31.3 Å². The molecule has 90 valence electrons. The number of hydrogen-bond acceptors (Lipinski definition) is 4. The number of benzene rings is 1. The number of halogens is 1. The molecule has 6 heteroatoms. The van der Waals surface area contributed by atoms with Gasteiger partial charge in [0.15, 0.2) is 0 Å². The molecule has 1 aliphatic rings. The van der Waals surface area contributed by atoms with Gasteiger partial charge in [-0.15, -0.1) is 0 Å². The first-order chi connectivity index (χ1) is 8.11. The van der Waals surface area contributed by atoms with Gasteiger partial charge >= 0.3 is 5.97 Å². The van der Waals surface area contributed by atoms with Crippen molar-refractivity contribution < 1.29 is 14.3 Å². The van der Waals surface area contributed by atoms with E-state index in [1.807, 2.05) is 18.2 Å². The average Bonchev–Trinajstić information content (AvgIpc) is 2.61. The van der Waals surface area contributed by atoms with Crippen LogP contribution in [0.4, 0.5) is 5.69 Å². The fraction of sp³-hybridized carbons (Fsp3) is 0.273. The van der Waals surface area contributed by atoms with Crippen LogP contribution in [0.5, 0.6) is 0 Å². The second kappa shape index (κ2) is 4.85. The molecule has 5 nitrogen and oxygen atoms in total. The van der Waals surface area contributed by atoms with Gasteiger partial charge in [-0.1, -0.05) is 15.9 Å². The van der Waals surface area contributed by atoms with E-state index in [4.69, 9.17) is 0 Å². The van der Waals surface area contributed by atoms with Crippen molar-refractivity contribution in [3.63, 3.8) is 0 Å². The van der Waals surface area contributed by atoms with Crippen LogP contribution in [0.15, 0.2) is 22.7 Å². The lowest BCUT2D eigenvalue weighted by Crippen LogP contribution is -2.32. The zero-order valence-corrected chi connectivity index (χ0v) is 10.7. The highest BCUT2D eigenvalue weighted by atomic mass is 79.9. The van der Waals surface area contributed by atoms with Crippen LogP contribution in [0.2, 0.25) is 0 Å². The molecule has 1 unspecified atom stereocenters. The Morgan fingerprint density at radius 1 is 1.59 bits per heavy atom. The third kappa shape index (κ3) is 2.48. The highest BCUT2D eigenvalue weighted by Gasteiger charge is 2.30. The molecule has 2 N–H and O–H groups in total. The standard InChI is InChI=1S/C11H11BrN2O3/c1-17-9(15)5-13-10-7-4-6(12)2-3-8(7)14-11(10)16/h2-4,10,13H,5H2,1H3,(H,14,16). The van der Waals surface area contributed by atoms with Gasteiger partial charge in [-0.2, -0.15) is 0 Å². The summed E-state index contributed by atoms with van der Waals surface area (Å²) in [6.45, 7) is 0.000536. The average molecular weight is 299 g/mol. The number of carbonyl (C=O) groups excluding carboxylic acids is 2. The van der Waals surface area contributed by atoms with Crippen molar-refractivity contribution >= 4 is 33.5 Å². The number of hydrogen-bond donors (Lipinski definition) is 2. The zero-order valence-electron chi connectivity index (χ0n) is 9.12. The second-order valence-corrected chi connectivity index (χ2v) is 4.53. The van der Waals surface area contributed by atoms with Gasteiger partial charge in [0.1, 0.15) is 6.04 Å². The molecule has 0 saturated heterocycles. The normalized spacial score (nSPS) is 17.5. The van der Waals surface area contributed by atoms with E-state index in [9.17, 15) is 9.59 Å². The third-order valence-electron chi connectivity index (χ3n) is 2.52. The van der Waals surface area contributed by atoms with Crippen molar-refractivity contribution in [1.82, 2.24) is 5.32 Å². The topological polar surface area (TPSA) is 67.4 Å². The predicted molar refractivity (Wildman–Crippen MR) is 65.5 cm³/mol. The van der Waals surface area contributed by atoms with Crippen LogP contribution in [0.3, 0.4) is 0 Å². The molecule has 0 spiro atoms. The third-order valence-corrected chi connectivity index (χ3v) is 3.02. The van der Waals surface area contributed by atoms with Crippen LogP contribution >= 0.6 is 15.9 Å². The Kier molecular flexibility index (Phi) is 3.44. The summed E-state index contributed by atoms with van der Waals surface area (Å²) in [7, 11) is 1.31. The minimum Gasteiger partial charge on any atom is -0.468 e. The summed E-state index contributed by atoms with van der Waals surface area (Å²) in [6, 6.07) is 5.00. The lowest BCUT2D eigenvalue weighted by atomic mass is 10.1. The second-order valence-electron chi connectivity index (χ2n) is 3.61. The molecule has 2 rings (SSSR count). The van der Waals surface area contributed by atoms with Gasteiger partial charge in [-0.3, -0.25) is 14.9 Å². The minimum absolute atomic E-state index is 0.000536. The summed E-state index contributed by atoms with van der Waals surface area (Å²) in [5.74, 6) is -0.566. The Morgan fingerprint density at radius 2 is 2.35 bits per heavy atom. The Balaban J connectivity index is 2.16. The van der Waals surface area contributed by atoms with Crippen LogP contribution < -0.4 is 10.6 Å². The monoisotopic (exact) mass is 298 g/mol. The lowest BCUT2D eigenvalue weighted by molar-refractivity contribution is -0.139. The minimum atomic E-state index is -0.512. The highest BCUT2D eigenvalue weighted by Crippen LogP contribution is 2.32. The van der Waals surface area contributed by atoms with Crippen molar-refractivity contribution in [2.75, 3.05) is 19.0 Å². The molecular formula is C11H11BrN2O3. The quantitative estimate of drug-likeness (QED) is 0.823. The molecule has 17 heavy (non-hydrogen) atoms. The number of ether oxygens (including phenoxy) is 1. The molecule has 1 heterocycles. The molecule has 0 radical (unpaired) electrons. The van der Waals surface area contributed by atoms with E-state index in [0.29, 0.717) is 0 Å². The smallest absolute Gasteiger partial charge is 0.319 e. The first-order valence-electron chi connectivity index (χ1n) is 5.02. The summed E-state index contributed by atoms with van der Waals surface area (Å²) in [5.41, 5.74) is 1.59. The maximum absolute atomic E-state index is 11.7.